The molecule has 0 aliphatic rings. The number of hydrogen-bond acceptors (Lipinski definition) is 2. The van der Waals surface area contributed by atoms with Gasteiger partial charge in [0.2, 0.25) is 0 Å². The van der Waals surface area contributed by atoms with Crippen molar-refractivity contribution in [2.75, 3.05) is 5.32 Å². The lowest BCUT2D eigenvalue weighted by molar-refractivity contribution is 0.102. The number of amides is 1. The van der Waals surface area contributed by atoms with Gasteiger partial charge in [0.05, 0.1) is 11.8 Å². The summed E-state index contributed by atoms with van der Waals surface area (Å²) in [5.74, 6) is 0.538. The van der Waals surface area contributed by atoms with Gasteiger partial charge < -0.3 is 9.73 Å². The molecule has 21 heavy (non-hydrogen) atoms. The van der Waals surface area contributed by atoms with Crippen molar-refractivity contribution in [1.29, 1.82) is 0 Å². The molecule has 104 valence electrons. The fourth-order valence-electron chi connectivity index (χ4n) is 2.16. The Morgan fingerprint density at radius 2 is 1.71 bits per heavy atom. The van der Waals surface area contributed by atoms with Gasteiger partial charge in [-0.1, -0.05) is 35.9 Å². The summed E-state index contributed by atoms with van der Waals surface area (Å²) in [6.07, 6.45) is 1.60. The van der Waals surface area contributed by atoms with Crippen LogP contribution in [0.25, 0.3) is 11.3 Å². The quantitative estimate of drug-likeness (QED) is 0.765. The summed E-state index contributed by atoms with van der Waals surface area (Å²) in [5, 5.41) is 2.91. The van der Waals surface area contributed by atoms with E-state index in [0.717, 1.165) is 16.8 Å². The van der Waals surface area contributed by atoms with Crippen LogP contribution in [0.5, 0.6) is 0 Å². The molecule has 0 radical (unpaired) electrons. The van der Waals surface area contributed by atoms with Crippen LogP contribution in [0.3, 0.4) is 0 Å². The molecule has 0 atom stereocenters. The van der Waals surface area contributed by atoms with Gasteiger partial charge in [-0.3, -0.25) is 4.79 Å². The van der Waals surface area contributed by atoms with E-state index in [1.54, 1.807) is 12.3 Å². The minimum atomic E-state index is -0.147. The average Bonchev–Trinajstić information content (AvgIpc) is 3.04. The number of benzene rings is 2. The highest BCUT2D eigenvalue weighted by Crippen LogP contribution is 2.24. The number of furan rings is 1. The van der Waals surface area contributed by atoms with Crippen LogP contribution in [0.2, 0.25) is 0 Å². The summed E-state index contributed by atoms with van der Waals surface area (Å²) >= 11 is 0. The summed E-state index contributed by atoms with van der Waals surface area (Å²) in [7, 11) is 0. The van der Waals surface area contributed by atoms with Crippen molar-refractivity contribution in [2.45, 2.75) is 6.92 Å². The Hall–Kier alpha value is -2.81. The van der Waals surface area contributed by atoms with E-state index in [1.165, 1.54) is 0 Å². The van der Waals surface area contributed by atoms with Gasteiger partial charge in [-0.25, -0.2) is 0 Å². The van der Waals surface area contributed by atoms with Gasteiger partial charge in [-0.2, -0.15) is 0 Å². The zero-order valence-corrected chi connectivity index (χ0v) is 11.7. The molecule has 3 rings (SSSR count). The fourth-order valence-corrected chi connectivity index (χ4v) is 2.16. The summed E-state index contributed by atoms with van der Waals surface area (Å²) in [4.78, 5) is 12.5. The summed E-state index contributed by atoms with van der Waals surface area (Å²) in [5.41, 5.74) is 3.31. The van der Waals surface area contributed by atoms with Gasteiger partial charge in [-0.15, -0.1) is 0 Å². The van der Waals surface area contributed by atoms with Crippen LogP contribution in [0.15, 0.2) is 71.3 Å². The maximum Gasteiger partial charge on any atom is 0.256 e. The normalized spacial score (nSPS) is 10.3. The molecule has 3 aromatic rings. The molecule has 0 spiro atoms. The van der Waals surface area contributed by atoms with Gasteiger partial charge >= 0.3 is 0 Å². The predicted molar refractivity (Wildman–Crippen MR) is 83.3 cm³/mol. The summed E-state index contributed by atoms with van der Waals surface area (Å²) in [6.45, 7) is 2.01. The molecule has 1 amide bonds. The predicted octanol–water partition coefficient (Wildman–Crippen LogP) is 4.51. The van der Waals surface area contributed by atoms with Gasteiger partial charge in [-0.05, 0) is 37.3 Å². The Labute approximate surface area is 123 Å². The number of aryl methyl sites for hydroxylation is 1. The lowest BCUT2D eigenvalue weighted by Gasteiger charge is -2.09. The second-order valence-corrected chi connectivity index (χ2v) is 4.84. The molecule has 0 aliphatic carbocycles. The highest BCUT2D eigenvalue weighted by Gasteiger charge is 2.14. The van der Waals surface area contributed by atoms with Crippen LogP contribution in [0.1, 0.15) is 15.9 Å². The number of nitrogens with one attached hydrogen (secondary N) is 1. The number of carbonyl (C=O) groups is 1. The number of rotatable bonds is 3. The van der Waals surface area contributed by atoms with Crippen LogP contribution >= 0.6 is 0 Å². The molecule has 0 saturated heterocycles. The van der Waals surface area contributed by atoms with Crippen molar-refractivity contribution in [2.24, 2.45) is 0 Å². The van der Waals surface area contributed by atoms with Crippen LogP contribution in [-0.2, 0) is 0 Å². The van der Waals surface area contributed by atoms with E-state index in [2.05, 4.69) is 5.32 Å². The Balaban J connectivity index is 1.90. The second kappa shape index (κ2) is 5.67. The smallest absolute Gasteiger partial charge is 0.256 e. The molecule has 0 bridgehead atoms. The third-order valence-corrected chi connectivity index (χ3v) is 3.27. The van der Waals surface area contributed by atoms with Crippen molar-refractivity contribution in [3.05, 3.63) is 78.1 Å². The summed E-state index contributed by atoms with van der Waals surface area (Å²) in [6, 6.07) is 18.8. The Morgan fingerprint density at radius 1 is 0.952 bits per heavy atom. The molecule has 1 N–H and O–H groups in total. The first kappa shape index (κ1) is 13.2. The molecule has 0 saturated carbocycles. The van der Waals surface area contributed by atoms with E-state index in [0.29, 0.717) is 11.3 Å². The zero-order chi connectivity index (χ0) is 14.7. The highest BCUT2D eigenvalue weighted by atomic mass is 16.3. The van der Waals surface area contributed by atoms with E-state index in [4.69, 9.17) is 4.42 Å². The van der Waals surface area contributed by atoms with Crippen molar-refractivity contribution in [3.8, 4) is 11.3 Å². The first-order valence-electron chi connectivity index (χ1n) is 6.75. The molecule has 0 aliphatic heterocycles. The summed E-state index contributed by atoms with van der Waals surface area (Å²) < 4.78 is 5.40. The molecular formula is C18H15NO2. The topological polar surface area (TPSA) is 42.2 Å². The van der Waals surface area contributed by atoms with Crippen molar-refractivity contribution >= 4 is 11.6 Å². The Morgan fingerprint density at radius 3 is 2.43 bits per heavy atom. The van der Waals surface area contributed by atoms with Crippen LogP contribution < -0.4 is 5.32 Å². The van der Waals surface area contributed by atoms with Gasteiger partial charge in [0, 0.05) is 11.3 Å². The molecule has 1 aromatic heterocycles. The third kappa shape index (κ3) is 2.87. The SMILES string of the molecule is Cc1ccc(NC(=O)c2ccccc2-c2ccco2)cc1. The van der Waals surface area contributed by atoms with E-state index in [1.807, 2.05) is 61.5 Å². The van der Waals surface area contributed by atoms with E-state index < -0.39 is 0 Å². The second-order valence-electron chi connectivity index (χ2n) is 4.84. The Bertz CT molecular complexity index is 743. The van der Waals surface area contributed by atoms with Crippen molar-refractivity contribution in [1.82, 2.24) is 0 Å². The molecule has 3 nitrogen and oxygen atoms in total. The molecule has 1 heterocycles. The average molecular weight is 277 g/mol. The minimum Gasteiger partial charge on any atom is -0.464 e. The number of hydrogen-bond donors (Lipinski definition) is 1. The van der Waals surface area contributed by atoms with E-state index in [9.17, 15) is 4.79 Å². The molecule has 3 heteroatoms. The standard InChI is InChI=1S/C18H15NO2/c1-13-8-10-14(11-9-13)19-18(20)16-6-3-2-5-15(16)17-7-4-12-21-17/h2-12H,1H3,(H,19,20). The third-order valence-electron chi connectivity index (χ3n) is 3.27. The molecule has 0 fully saturated rings. The highest BCUT2D eigenvalue weighted by molar-refractivity contribution is 6.08. The first-order valence-corrected chi connectivity index (χ1v) is 6.75. The lowest BCUT2D eigenvalue weighted by atomic mass is 10.0. The van der Waals surface area contributed by atoms with E-state index >= 15 is 0 Å². The molecule has 0 unspecified atom stereocenters. The maximum atomic E-state index is 12.5. The van der Waals surface area contributed by atoms with Gasteiger partial charge in [0.15, 0.2) is 0 Å². The van der Waals surface area contributed by atoms with Crippen molar-refractivity contribution in [3.63, 3.8) is 0 Å². The van der Waals surface area contributed by atoms with E-state index in [-0.39, 0.29) is 5.91 Å². The van der Waals surface area contributed by atoms with Gasteiger partial charge in [0.1, 0.15) is 5.76 Å². The lowest BCUT2D eigenvalue weighted by Crippen LogP contribution is -2.12. The minimum absolute atomic E-state index is 0.147. The van der Waals surface area contributed by atoms with Crippen LogP contribution in [-0.4, -0.2) is 5.91 Å². The molecule has 2 aromatic carbocycles. The van der Waals surface area contributed by atoms with Crippen molar-refractivity contribution < 1.29 is 9.21 Å². The van der Waals surface area contributed by atoms with Crippen LogP contribution in [0, 0.1) is 6.92 Å². The maximum absolute atomic E-state index is 12.5. The Kier molecular flexibility index (Phi) is 3.56. The fraction of sp³-hybridized carbons (Fsp3) is 0.0556. The number of carbonyl (C=O) groups excluding carboxylic acids is 1. The first-order chi connectivity index (χ1) is 10.2. The number of anilines is 1. The molecular weight excluding hydrogens is 262 g/mol. The van der Waals surface area contributed by atoms with Crippen LogP contribution in [0.4, 0.5) is 5.69 Å². The monoisotopic (exact) mass is 277 g/mol. The largest absolute Gasteiger partial charge is 0.464 e. The van der Waals surface area contributed by atoms with Gasteiger partial charge in [0.25, 0.3) is 5.91 Å². The zero-order valence-electron chi connectivity index (χ0n) is 11.7.